The van der Waals surface area contributed by atoms with E-state index in [0.29, 0.717) is 11.1 Å². The van der Waals surface area contributed by atoms with Gasteiger partial charge < -0.3 is 0 Å². The molecule has 0 bridgehead atoms. The highest BCUT2D eigenvalue weighted by Crippen LogP contribution is 2.29. The van der Waals surface area contributed by atoms with E-state index >= 15 is 0 Å². The van der Waals surface area contributed by atoms with Gasteiger partial charge in [0.1, 0.15) is 0 Å². The molecule has 0 aliphatic carbocycles. The summed E-state index contributed by atoms with van der Waals surface area (Å²) in [7, 11) is -7.35. The molecule has 0 heterocycles. The first-order valence-electron chi connectivity index (χ1n) is 8.05. The predicted octanol–water partition coefficient (Wildman–Crippen LogP) is 4.52. The Morgan fingerprint density at radius 2 is 0.808 bits per heavy atom. The number of hydrogen-bond donors (Lipinski definition) is 0. The fraction of sp³-hybridized carbons (Fsp3) is 0.200. The van der Waals surface area contributed by atoms with Crippen molar-refractivity contribution in [2.75, 3.05) is 0 Å². The molecule has 0 fully saturated rings. The number of hydrogen-bond acceptors (Lipinski definition) is 4. The predicted molar refractivity (Wildman–Crippen MR) is 104 cm³/mol. The van der Waals surface area contributed by atoms with Crippen LogP contribution in [0.25, 0.3) is 0 Å². The molecular formula is C20H22O4S2. The molecule has 0 atom stereocenters. The molecule has 0 amide bonds. The van der Waals surface area contributed by atoms with E-state index in [1.54, 1.807) is 50.2 Å². The zero-order chi connectivity index (χ0) is 19.5. The van der Waals surface area contributed by atoms with Crippen molar-refractivity contribution in [3.8, 4) is 0 Å². The minimum absolute atomic E-state index is 0.142. The molecule has 0 aliphatic rings. The molecule has 26 heavy (non-hydrogen) atoms. The Balaban J connectivity index is 2.58. The molecule has 0 aliphatic heterocycles. The third-order valence-electron chi connectivity index (χ3n) is 4.53. The molecule has 0 unspecified atom stereocenters. The topological polar surface area (TPSA) is 68.3 Å². The Morgan fingerprint density at radius 3 is 1.08 bits per heavy atom. The Kier molecular flexibility index (Phi) is 5.88. The lowest BCUT2D eigenvalue weighted by atomic mass is 10.1. The molecule has 2 rings (SSSR count). The van der Waals surface area contributed by atoms with Crippen molar-refractivity contribution in [1.29, 1.82) is 0 Å². The Hall–Kier alpha value is -2.18. The second-order valence-corrected chi connectivity index (χ2v) is 10.2. The van der Waals surface area contributed by atoms with Crippen LogP contribution in [0.4, 0.5) is 0 Å². The summed E-state index contributed by atoms with van der Waals surface area (Å²) in [6, 6.07) is 16.2. The summed E-state index contributed by atoms with van der Waals surface area (Å²) < 4.78 is 51.2. The van der Waals surface area contributed by atoms with Crippen LogP contribution in [0.1, 0.15) is 27.7 Å². The van der Waals surface area contributed by atoms with Crippen LogP contribution in [-0.2, 0) is 19.7 Å². The average molecular weight is 391 g/mol. The van der Waals surface area contributed by atoms with Gasteiger partial charge >= 0.3 is 0 Å². The lowest BCUT2D eigenvalue weighted by molar-refractivity contribution is 0.599. The van der Waals surface area contributed by atoms with Crippen molar-refractivity contribution in [2.24, 2.45) is 0 Å². The SMILES string of the molecule is CC(/C(C)=C(\C)S(=O)(=O)c1ccccc1)=C(/C)S(=O)(=O)c1ccccc1. The van der Waals surface area contributed by atoms with Gasteiger partial charge in [0, 0.05) is 9.81 Å². The van der Waals surface area contributed by atoms with Gasteiger partial charge in [0.2, 0.25) is 19.7 Å². The third-order valence-corrected chi connectivity index (χ3v) is 8.54. The van der Waals surface area contributed by atoms with Gasteiger partial charge in [0.25, 0.3) is 0 Å². The molecule has 0 saturated carbocycles. The number of allylic oxidation sites excluding steroid dienone is 4. The zero-order valence-corrected chi connectivity index (χ0v) is 16.9. The summed E-state index contributed by atoms with van der Waals surface area (Å²) in [5.41, 5.74) is 0.872. The molecule has 6 heteroatoms. The first-order chi connectivity index (χ1) is 12.1. The Labute approximate surface area is 155 Å². The Bertz CT molecular complexity index is 972. The summed E-state index contributed by atoms with van der Waals surface area (Å²) in [6.07, 6.45) is 0. The summed E-state index contributed by atoms with van der Waals surface area (Å²) in [5.74, 6) is 0. The second kappa shape index (κ2) is 7.60. The van der Waals surface area contributed by atoms with Gasteiger partial charge in [0.05, 0.1) is 9.79 Å². The van der Waals surface area contributed by atoms with Crippen molar-refractivity contribution in [3.63, 3.8) is 0 Å². The van der Waals surface area contributed by atoms with E-state index in [2.05, 4.69) is 0 Å². The van der Waals surface area contributed by atoms with Crippen molar-refractivity contribution < 1.29 is 16.8 Å². The van der Waals surface area contributed by atoms with Crippen LogP contribution in [0.3, 0.4) is 0 Å². The van der Waals surface area contributed by atoms with E-state index in [0.717, 1.165) is 0 Å². The maximum absolute atomic E-state index is 12.8. The molecule has 0 aromatic heterocycles. The van der Waals surface area contributed by atoms with Gasteiger partial charge in [-0.15, -0.1) is 0 Å². The van der Waals surface area contributed by atoms with Crippen molar-refractivity contribution in [1.82, 2.24) is 0 Å². The maximum Gasteiger partial charge on any atom is 0.202 e. The fourth-order valence-electron chi connectivity index (χ4n) is 2.48. The van der Waals surface area contributed by atoms with Gasteiger partial charge in [-0.05, 0) is 63.1 Å². The number of benzene rings is 2. The lowest BCUT2D eigenvalue weighted by Crippen LogP contribution is -2.08. The third kappa shape index (κ3) is 3.81. The molecule has 4 nitrogen and oxygen atoms in total. The van der Waals surface area contributed by atoms with E-state index in [1.807, 2.05) is 0 Å². The van der Waals surface area contributed by atoms with Crippen LogP contribution in [0, 0.1) is 0 Å². The summed E-state index contributed by atoms with van der Waals surface area (Å²) in [4.78, 5) is 0.661. The molecule has 0 radical (unpaired) electrons. The largest absolute Gasteiger partial charge is 0.219 e. The van der Waals surface area contributed by atoms with E-state index < -0.39 is 19.7 Å². The summed E-state index contributed by atoms with van der Waals surface area (Å²) in [5, 5.41) is 0. The monoisotopic (exact) mass is 390 g/mol. The normalized spacial score (nSPS) is 14.5. The van der Waals surface area contributed by atoms with E-state index in [4.69, 9.17) is 0 Å². The van der Waals surface area contributed by atoms with Gasteiger partial charge in [-0.2, -0.15) is 0 Å². The van der Waals surface area contributed by atoms with Crippen LogP contribution in [0.15, 0.2) is 91.4 Å². The average Bonchev–Trinajstić information content (AvgIpc) is 2.66. The number of sulfone groups is 2. The minimum atomic E-state index is -3.68. The molecule has 0 saturated heterocycles. The first kappa shape index (κ1) is 20.1. The molecule has 0 spiro atoms. The van der Waals surface area contributed by atoms with E-state index in [-0.39, 0.29) is 19.6 Å². The van der Waals surface area contributed by atoms with E-state index in [1.165, 1.54) is 38.1 Å². The van der Waals surface area contributed by atoms with Gasteiger partial charge in [0.15, 0.2) is 0 Å². The molecule has 138 valence electrons. The minimum Gasteiger partial charge on any atom is -0.219 e. The molecule has 2 aromatic carbocycles. The smallest absolute Gasteiger partial charge is 0.202 e. The second-order valence-electron chi connectivity index (χ2n) is 6.00. The highest BCUT2D eigenvalue weighted by molar-refractivity contribution is 7.95. The van der Waals surface area contributed by atoms with E-state index in [9.17, 15) is 16.8 Å². The van der Waals surface area contributed by atoms with Crippen LogP contribution < -0.4 is 0 Å². The van der Waals surface area contributed by atoms with Crippen molar-refractivity contribution in [2.45, 2.75) is 37.5 Å². The van der Waals surface area contributed by atoms with Crippen molar-refractivity contribution >= 4 is 19.7 Å². The number of rotatable bonds is 5. The van der Waals surface area contributed by atoms with Crippen LogP contribution in [-0.4, -0.2) is 16.8 Å². The van der Waals surface area contributed by atoms with Gasteiger partial charge in [-0.3, -0.25) is 0 Å². The zero-order valence-electron chi connectivity index (χ0n) is 15.2. The highest BCUT2D eigenvalue weighted by Gasteiger charge is 2.23. The molecular weight excluding hydrogens is 368 g/mol. The van der Waals surface area contributed by atoms with Crippen molar-refractivity contribution in [3.05, 3.63) is 81.6 Å². The fourth-order valence-corrected chi connectivity index (χ4v) is 5.33. The highest BCUT2D eigenvalue weighted by atomic mass is 32.2. The van der Waals surface area contributed by atoms with Crippen LogP contribution in [0.5, 0.6) is 0 Å². The lowest BCUT2D eigenvalue weighted by Gasteiger charge is -2.13. The molecule has 0 N–H and O–H groups in total. The quantitative estimate of drug-likeness (QED) is 0.704. The summed E-state index contributed by atoms with van der Waals surface area (Å²) in [6.45, 7) is 6.28. The first-order valence-corrected chi connectivity index (χ1v) is 11.0. The van der Waals surface area contributed by atoms with Crippen LogP contribution in [0.2, 0.25) is 0 Å². The molecule has 2 aromatic rings. The van der Waals surface area contributed by atoms with Gasteiger partial charge in [-0.25, -0.2) is 16.8 Å². The van der Waals surface area contributed by atoms with Crippen LogP contribution >= 0.6 is 0 Å². The summed E-state index contributed by atoms with van der Waals surface area (Å²) >= 11 is 0. The standard InChI is InChI=1S/C20H22O4S2/c1-15(17(3)25(21,22)19-11-7-5-8-12-19)16(2)18(4)26(23,24)20-13-9-6-10-14-20/h5-14H,1-4H3/b17-15+,18-16+. The maximum atomic E-state index is 12.8. The van der Waals surface area contributed by atoms with Gasteiger partial charge in [-0.1, -0.05) is 36.4 Å². The Morgan fingerprint density at radius 1 is 0.538 bits per heavy atom.